The molecular weight excluding hydrogens is 354 g/mol. The van der Waals surface area contributed by atoms with Gasteiger partial charge in [-0.05, 0) is 54.1 Å². The number of aryl methyl sites for hydroxylation is 1. The van der Waals surface area contributed by atoms with Gasteiger partial charge in [-0.3, -0.25) is 15.1 Å². The van der Waals surface area contributed by atoms with Crippen LogP contribution in [0.15, 0.2) is 42.7 Å². The standard InChI is InChI=1S/C21H23N5O2/c1-4-23-21(28)26-19-11-17-16(6-5-13(2)18(17)12-25-19)14-7-8-24-15(9-14)10-20(27)22-3/h5-9,11-12H,4,10H2,1-3H3,(H,22,27)(H2,23,25,26,28). The van der Waals surface area contributed by atoms with Gasteiger partial charge in [0.15, 0.2) is 0 Å². The molecule has 0 unspecified atom stereocenters. The number of pyridine rings is 2. The largest absolute Gasteiger partial charge is 0.359 e. The maximum atomic E-state index is 11.8. The van der Waals surface area contributed by atoms with Crippen molar-refractivity contribution in [1.82, 2.24) is 20.6 Å². The Balaban J connectivity index is 2.05. The Morgan fingerprint density at radius 2 is 1.89 bits per heavy atom. The van der Waals surface area contributed by atoms with E-state index >= 15 is 0 Å². The van der Waals surface area contributed by atoms with Crippen molar-refractivity contribution in [2.24, 2.45) is 0 Å². The van der Waals surface area contributed by atoms with E-state index in [0.717, 1.165) is 27.5 Å². The summed E-state index contributed by atoms with van der Waals surface area (Å²) < 4.78 is 0. The number of nitrogens with zero attached hydrogens (tertiary/aromatic N) is 2. The normalized spacial score (nSPS) is 10.5. The number of hydrogen-bond donors (Lipinski definition) is 3. The van der Waals surface area contributed by atoms with Crippen LogP contribution in [0.2, 0.25) is 0 Å². The van der Waals surface area contributed by atoms with E-state index in [1.807, 2.05) is 44.2 Å². The number of urea groups is 1. The molecule has 0 bridgehead atoms. The molecule has 0 spiro atoms. The molecule has 0 aliphatic rings. The van der Waals surface area contributed by atoms with Crippen molar-refractivity contribution >= 4 is 28.5 Å². The van der Waals surface area contributed by atoms with Gasteiger partial charge in [0.2, 0.25) is 5.91 Å². The van der Waals surface area contributed by atoms with Crippen LogP contribution >= 0.6 is 0 Å². The number of hydrogen-bond acceptors (Lipinski definition) is 4. The van der Waals surface area contributed by atoms with E-state index in [0.29, 0.717) is 18.1 Å². The average Bonchev–Trinajstić information content (AvgIpc) is 2.68. The van der Waals surface area contributed by atoms with E-state index in [4.69, 9.17) is 0 Å². The zero-order chi connectivity index (χ0) is 20.1. The number of rotatable bonds is 5. The molecule has 7 heteroatoms. The summed E-state index contributed by atoms with van der Waals surface area (Å²) in [6.07, 6.45) is 3.69. The first kappa shape index (κ1) is 19.3. The number of aromatic nitrogens is 2. The van der Waals surface area contributed by atoms with E-state index in [1.54, 1.807) is 19.4 Å². The Bertz CT molecular complexity index is 1030. The van der Waals surface area contributed by atoms with Gasteiger partial charge in [-0.25, -0.2) is 9.78 Å². The molecular formula is C21H23N5O2. The Kier molecular flexibility index (Phi) is 5.84. The van der Waals surface area contributed by atoms with E-state index in [2.05, 4.69) is 25.9 Å². The van der Waals surface area contributed by atoms with Crippen LogP contribution in [0.4, 0.5) is 10.6 Å². The molecule has 3 rings (SSSR count). The highest BCUT2D eigenvalue weighted by atomic mass is 16.2. The van der Waals surface area contributed by atoms with E-state index in [9.17, 15) is 9.59 Å². The lowest BCUT2D eigenvalue weighted by Gasteiger charge is -2.12. The number of carbonyl (C=O) groups excluding carboxylic acids is 2. The molecule has 1 aromatic carbocycles. The van der Waals surface area contributed by atoms with Crippen LogP contribution in [0.3, 0.4) is 0 Å². The molecule has 0 radical (unpaired) electrons. The predicted molar refractivity (Wildman–Crippen MR) is 110 cm³/mol. The zero-order valence-electron chi connectivity index (χ0n) is 16.2. The summed E-state index contributed by atoms with van der Waals surface area (Å²) in [6, 6.07) is 9.47. The second kappa shape index (κ2) is 8.47. The van der Waals surface area contributed by atoms with Crippen LogP contribution in [0.1, 0.15) is 18.2 Å². The van der Waals surface area contributed by atoms with Gasteiger partial charge in [-0.15, -0.1) is 0 Å². The van der Waals surface area contributed by atoms with Crippen LogP contribution in [0.5, 0.6) is 0 Å². The van der Waals surface area contributed by atoms with Crippen molar-refractivity contribution in [3.05, 3.63) is 54.0 Å². The lowest BCUT2D eigenvalue weighted by atomic mass is 9.96. The average molecular weight is 377 g/mol. The second-order valence-electron chi connectivity index (χ2n) is 6.42. The predicted octanol–water partition coefficient (Wildman–Crippen LogP) is 3.04. The lowest BCUT2D eigenvalue weighted by molar-refractivity contribution is -0.120. The molecule has 28 heavy (non-hydrogen) atoms. The minimum atomic E-state index is -0.291. The number of benzene rings is 1. The van der Waals surface area contributed by atoms with Gasteiger partial charge in [-0.2, -0.15) is 0 Å². The van der Waals surface area contributed by atoms with E-state index in [1.165, 1.54) is 0 Å². The summed E-state index contributed by atoms with van der Waals surface area (Å²) in [5, 5.41) is 10.0. The summed E-state index contributed by atoms with van der Waals surface area (Å²) in [4.78, 5) is 32.2. The van der Waals surface area contributed by atoms with Crippen molar-refractivity contribution in [2.45, 2.75) is 20.3 Å². The molecule has 0 aliphatic heterocycles. The van der Waals surface area contributed by atoms with Crippen LogP contribution in [0, 0.1) is 6.92 Å². The molecule has 0 aliphatic carbocycles. The molecule has 0 fully saturated rings. The van der Waals surface area contributed by atoms with E-state index in [-0.39, 0.29) is 18.4 Å². The van der Waals surface area contributed by atoms with Gasteiger partial charge in [0.1, 0.15) is 5.82 Å². The minimum absolute atomic E-state index is 0.0870. The number of carbonyl (C=O) groups is 2. The molecule has 2 heterocycles. The third kappa shape index (κ3) is 4.25. The van der Waals surface area contributed by atoms with Crippen LogP contribution in [-0.4, -0.2) is 35.5 Å². The SMILES string of the molecule is CCNC(=O)Nc1cc2c(-c3ccnc(CC(=O)NC)c3)ccc(C)c2cn1. The zero-order valence-corrected chi connectivity index (χ0v) is 16.2. The minimum Gasteiger partial charge on any atom is -0.359 e. The fraction of sp³-hybridized carbons (Fsp3) is 0.238. The summed E-state index contributed by atoms with van der Waals surface area (Å²) in [7, 11) is 1.61. The summed E-state index contributed by atoms with van der Waals surface area (Å²) in [6.45, 7) is 4.41. The Morgan fingerprint density at radius 3 is 2.64 bits per heavy atom. The summed E-state index contributed by atoms with van der Waals surface area (Å²) in [5.41, 5.74) is 3.73. The fourth-order valence-corrected chi connectivity index (χ4v) is 3.02. The molecule has 3 amide bonds. The third-order valence-electron chi connectivity index (χ3n) is 4.45. The van der Waals surface area contributed by atoms with Gasteiger partial charge < -0.3 is 10.6 Å². The van der Waals surface area contributed by atoms with Crippen molar-refractivity contribution in [1.29, 1.82) is 0 Å². The number of likely N-dealkylation sites (N-methyl/N-ethyl adjacent to an activating group) is 1. The maximum absolute atomic E-state index is 11.8. The van der Waals surface area contributed by atoms with Crippen molar-refractivity contribution < 1.29 is 9.59 Å². The first-order valence-electron chi connectivity index (χ1n) is 9.12. The number of anilines is 1. The monoisotopic (exact) mass is 377 g/mol. The van der Waals surface area contributed by atoms with Gasteiger partial charge in [0.25, 0.3) is 0 Å². The van der Waals surface area contributed by atoms with Crippen molar-refractivity contribution in [3.63, 3.8) is 0 Å². The molecule has 3 N–H and O–H groups in total. The molecule has 2 aromatic heterocycles. The van der Waals surface area contributed by atoms with Gasteiger partial charge >= 0.3 is 6.03 Å². The van der Waals surface area contributed by atoms with Gasteiger partial charge in [-0.1, -0.05) is 12.1 Å². The highest BCUT2D eigenvalue weighted by Gasteiger charge is 2.11. The molecule has 144 valence electrons. The molecule has 0 saturated heterocycles. The van der Waals surface area contributed by atoms with Crippen LogP contribution < -0.4 is 16.0 Å². The maximum Gasteiger partial charge on any atom is 0.320 e. The number of amides is 3. The second-order valence-corrected chi connectivity index (χ2v) is 6.42. The molecule has 7 nitrogen and oxygen atoms in total. The quantitative estimate of drug-likeness (QED) is 0.637. The third-order valence-corrected chi connectivity index (χ3v) is 4.45. The highest BCUT2D eigenvalue weighted by Crippen LogP contribution is 2.32. The highest BCUT2D eigenvalue weighted by molar-refractivity contribution is 6.00. The summed E-state index contributed by atoms with van der Waals surface area (Å²) in [5.74, 6) is 0.390. The topological polar surface area (TPSA) is 96.0 Å². The first-order valence-corrected chi connectivity index (χ1v) is 9.12. The lowest BCUT2D eigenvalue weighted by Crippen LogP contribution is -2.28. The smallest absolute Gasteiger partial charge is 0.320 e. The number of fused-ring (bicyclic) bond motifs is 1. The van der Waals surface area contributed by atoms with Gasteiger partial charge in [0.05, 0.1) is 12.1 Å². The Hall–Kier alpha value is -3.48. The van der Waals surface area contributed by atoms with Crippen molar-refractivity contribution in [3.8, 4) is 11.1 Å². The van der Waals surface area contributed by atoms with E-state index < -0.39 is 0 Å². The summed E-state index contributed by atoms with van der Waals surface area (Å²) >= 11 is 0. The Labute approximate surface area is 163 Å². The molecule has 3 aromatic rings. The van der Waals surface area contributed by atoms with Crippen LogP contribution in [-0.2, 0) is 11.2 Å². The first-order chi connectivity index (χ1) is 13.5. The Morgan fingerprint density at radius 1 is 1.07 bits per heavy atom. The number of nitrogens with one attached hydrogen (secondary N) is 3. The van der Waals surface area contributed by atoms with Crippen LogP contribution in [0.25, 0.3) is 21.9 Å². The molecule has 0 saturated carbocycles. The molecule has 0 atom stereocenters. The van der Waals surface area contributed by atoms with Crippen molar-refractivity contribution in [2.75, 3.05) is 18.9 Å². The van der Waals surface area contributed by atoms with Gasteiger partial charge in [0, 0.05) is 31.4 Å². The fourth-order valence-electron chi connectivity index (χ4n) is 3.02.